The number of piperidine rings is 1. The van der Waals surface area contributed by atoms with Crippen molar-refractivity contribution < 1.29 is 33.4 Å². The lowest BCUT2D eigenvalue weighted by Gasteiger charge is -2.31. The maximum atomic E-state index is 13.8. The lowest BCUT2D eigenvalue weighted by molar-refractivity contribution is -0.144. The quantitative estimate of drug-likeness (QED) is 0.283. The molecule has 234 valence electrons. The Morgan fingerprint density at radius 2 is 1.91 bits per heavy atom. The average Bonchev–Trinajstić information content (AvgIpc) is 3.62. The van der Waals surface area contributed by atoms with Crippen molar-refractivity contribution in [1.82, 2.24) is 25.8 Å². The number of ether oxygens (including phenoxy) is 2. The Hall–Kier alpha value is -4.00. The van der Waals surface area contributed by atoms with E-state index in [1.165, 1.54) is 16.2 Å². The number of carbonyl (C=O) groups excluding carboxylic acids is 5. The van der Waals surface area contributed by atoms with E-state index in [0.717, 1.165) is 23.5 Å². The monoisotopic (exact) mass is 623 g/mol. The summed E-state index contributed by atoms with van der Waals surface area (Å²) in [4.78, 5) is 72.0. The van der Waals surface area contributed by atoms with Gasteiger partial charge in [0.1, 0.15) is 18.4 Å². The first-order valence-electron chi connectivity index (χ1n) is 15.1. The highest BCUT2D eigenvalue weighted by atomic mass is 32.1. The van der Waals surface area contributed by atoms with Crippen molar-refractivity contribution in [2.75, 3.05) is 19.7 Å². The van der Waals surface area contributed by atoms with E-state index >= 15 is 0 Å². The van der Waals surface area contributed by atoms with Crippen molar-refractivity contribution >= 4 is 40.7 Å². The largest absolute Gasteiger partial charge is 0.488 e. The maximum Gasteiger partial charge on any atom is 0.289 e. The SMILES string of the molecule is CC1(C)[C@@H]2[C@@H](C(=O)N[C@@H](C[C@@H]3CCNC3=O)C(=O)C(=O)NC3CC3)N(C(=O)COc3ncc(COc4ccccc4)s3)C[C@@H]21. The minimum absolute atomic E-state index is 0.0239. The highest BCUT2D eigenvalue weighted by Crippen LogP contribution is 2.64. The minimum Gasteiger partial charge on any atom is -0.488 e. The normalized spacial score (nSPS) is 25.4. The van der Waals surface area contributed by atoms with Gasteiger partial charge in [0.25, 0.3) is 17.0 Å². The molecule has 4 amide bonds. The van der Waals surface area contributed by atoms with Crippen LogP contribution < -0.4 is 25.4 Å². The second-order valence-electron chi connectivity index (χ2n) is 12.6. The molecule has 5 atom stereocenters. The fraction of sp³-hybridized carbons (Fsp3) is 0.548. The molecule has 2 aliphatic carbocycles. The molecule has 1 aromatic carbocycles. The summed E-state index contributed by atoms with van der Waals surface area (Å²) in [5, 5.41) is 8.52. The van der Waals surface area contributed by atoms with Gasteiger partial charge in [-0.3, -0.25) is 24.0 Å². The summed E-state index contributed by atoms with van der Waals surface area (Å²) in [6.07, 6.45) is 3.80. The number of benzene rings is 1. The number of carbonyl (C=O) groups is 5. The number of aromatic nitrogens is 1. The predicted molar refractivity (Wildman–Crippen MR) is 158 cm³/mol. The summed E-state index contributed by atoms with van der Waals surface area (Å²) in [6, 6.07) is 7.38. The number of ketones is 1. The number of thiazole rings is 1. The van der Waals surface area contributed by atoms with Crippen LogP contribution in [0.2, 0.25) is 0 Å². The summed E-state index contributed by atoms with van der Waals surface area (Å²) in [7, 11) is 0. The third-order valence-electron chi connectivity index (χ3n) is 9.23. The van der Waals surface area contributed by atoms with Crippen LogP contribution in [0.3, 0.4) is 0 Å². The van der Waals surface area contributed by atoms with E-state index < -0.39 is 35.6 Å². The van der Waals surface area contributed by atoms with Crippen LogP contribution in [-0.2, 0) is 30.6 Å². The molecule has 0 unspecified atom stereocenters. The zero-order valence-corrected chi connectivity index (χ0v) is 25.6. The van der Waals surface area contributed by atoms with Crippen molar-refractivity contribution in [2.45, 2.75) is 64.3 Å². The minimum atomic E-state index is -1.17. The number of Topliss-reactive ketones (excluding diaryl/α,β-unsaturated/α-hetero) is 1. The fourth-order valence-electron chi connectivity index (χ4n) is 6.43. The number of hydrogen-bond donors (Lipinski definition) is 3. The first-order chi connectivity index (χ1) is 21.1. The Labute approximate surface area is 259 Å². The molecule has 2 aromatic rings. The molecule has 0 spiro atoms. The molecule has 12 nitrogen and oxygen atoms in total. The summed E-state index contributed by atoms with van der Waals surface area (Å²) < 4.78 is 11.5. The second-order valence-corrected chi connectivity index (χ2v) is 13.7. The van der Waals surface area contributed by atoms with Gasteiger partial charge >= 0.3 is 0 Å². The van der Waals surface area contributed by atoms with Crippen LogP contribution in [0, 0.1) is 23.2 Å². The molecular formula is C31H37N5O7S. The van der Waals surface area contributed by atoms with Gasteiger partial charge in [0.2, 0.25) is 17.6 Å². The summed E-state index contributed by atoms with van der Waals surface area (Å²) >= 11 is 1.27. The van der Waals surface area contributed by atoms with Gasteiger partial charge in [-0.25, -0.2) is 4.98 Å². The Morgan fingerprint density at radius 3 is 2.61 bits per heavy atom. The number of rotatable bonds is 13. The Morgan fingerprint density at radius 1 is 1.14 bits per heavy atom. The van der Waals surface area contributed by atoms with Crippen molar-refractivity contribution in [3.05, 3.63) is 41.4 Å². The van der Waals surface area contributed by atoms with Gasteiger partial charge < -0.3 is 30.3 Å². The van der Waals surface area contributed by atoms with Gasteiger partial charge in [-0.1, -0.05) is 43.4 Å². The molecule has 0 radical (unpaired) electrons. The van der Waals surface area contributed by atoms with Gasteiger partial charge in [-0.05, 0) is 55.1 Å². The van der Waals surface area contributed by atoms with Gasteiger partial charge in [0.05, 0.1) is 10.9 Å². The third kappa shape index (κ3) is 6.42. The molecule has 4 aliphatic rings. The third-order valence-corrected chi connectivity index (χ3v) is 10.1. The van der Waals surface area contributed by atoms with Crippen LogP contribution >= 0.6 is 11.3 Å². The van der Waals surface area contributed by atoms with E-state index in [2.05, 4.69) is 34.8 Å². The molecular weight excluding hydrogens is 586 g/mol. The number of hydrogen-bond acceptors (Lipinski definition) is 9. The number of nitrogens with zero attached hydrogens (tertiary/aromatic N) is 2. The molecule has 2 saturated carbocycles. The highest BCUT2D eigenvalue weighted by Gasteiger charge is 2.69. The second kappa shape index (κ2) is 12.2. The molecule has 3 heterocycles. The fourth-order valence-corrected chi connectivity index (χ4v) is 7.10. The molecule has 2 saturated heterocycles. The molecule has 1 aromatic heterocycles. The van der Waals surface area contributed by atoms with Gasteiger partial charge in [0, 0.05) is 31.2 Å². The molecule has 4 fully saturated rings. The lowest BCUT2D eigenvalue weighted by atomic mass is 9.94. The van der Waals surface area contributed by atoms with E-state index in [1.54, 1.807) is 6.20 Å². The van der Waals surface area contributed by atoms with Crippen LogP contribution in [0.1, 0.15) is 44.4 Å². The van der Waals surface area contributed by atoms with Crippen molar-refractivity contribution in [1.29, 1.82) is 0 Å². The van der Waals surface area contributed by atoms with Gasteiger partial charge in [-0.15, -0.1) is 0 Å². The first-order valence-corrected chi connectivity index (χ1v) is 15.9. The number of para-hydroxylation sites is 1. The number of likely N-dealkylation sites (tertiary alicyclic amines) is 1. The zero-order chi connectivity index (χ0) is 31.0. The van der Waals surface area contributed by atoms with Crippen LogP contribution in [0.25, 0.3) is 0 Å². The molecule has 44 heavy (non-hydrogen) atoms. The molecule has 13 heteroatoms. The van der Waals surface area contributed by atoms with Crippen LogP contribution in [0.15, 0.2) is 36.5 Å². The molecule has 3 N–H and O–H groups in total. The summed E-state index contributed by atoms with van der Waals surface area (Å²) in [5.74, 6) is -2.32. The van der Waals surface area contributed by atoms with Crippen LogP contribution in [0.5, 0.6) is 10.9 Å². The van der Waals surface area contributed by atoms with Gasteiger partial charge in [0.15, 0.2) is 6.61 Å². The standard InChI is InChI=1S/C31H37N5O7S/c1-31(2)21-14-36(23(37)16-43-30-33-13-20(44-30)15-42-19-6-4-3-5-7-19)25(24(21)31)28(40)35-22(12-17-10-11-32-27(17)39)26(38)29(41)34-18-8-9-18/h3-7,13,17-18,21-22,24-25H,8-12,14-16H2,1-2H3,(H,32,39)(H,34,41)(H,35,40)/t17-,21-,22-,24-,25-/m0/s1. The summed E-state index contributed by atoms with van der Waals surface area (Å²) in [6.45, 7) is 5.00. The van der Waals surface area contributed by atoms with Crippen LogP contribution in [-0.4, -0.2) is 77.1 Å². The average molecular weight is 624 g/mol. The van der Waals surface area contributed by atoms with E-state index in [9.17, 15) is 24.0 Å². The smallest absolute Gasteiger partial charge is 0.289 e. The van der Waals surface area contributed by atoms with Crippen LogP contribution in [0.4, 0.5) is 0 Å². The number of fused-ring (bicyclic) bond motifs is 1. The van der Waals surface area contributed by atoms with E-state index in [4.69, 9.17) is 9.47 Å². The van der Waals surface area contributed by atoms with Gasteiger partial charge in [-0.2, -0.15) is 0 Å². The number of nitrogens with one attached hydrogen (secondary N) is 3. The molecule has 2 aliphatic heterocycles. The lowest BCUT2D eigenvalue weighted by Crippen LogP contribution is -2.56. The number of amides is 4. The van der Waals surface area contributed by atoms with E-state index in [1.807, 2.05) is 30.3 Å². The highest BCUT2D eigenvalue weighted by molar-refractivity contribution is 7.13. The van der Waals surface area contributed by atoms with Crippen molar-refractivity contribution in [2.24, 2.45) is 23.2 Å². The summed E-state index contributed by atoms with van der Waals surface area (Å²) in [5.41, 5.74) is -0.156. The molecule has 0 bridgehead atoms. The Balaban J connectivity index is 1.09. The van der Waals surface area contributed by atoms with E-state index in [0.29, 0.717) is 31.3 Å². The Bertz CT molecular complexity index is 1440. The van der Waals surface area contributed by atoms with E-state index in [-0.39, 0.29) is 48.1 Å². The van der Waals surface area contributed by atoms with Crippen molar-refractivity contribution in [3.8, 4) is 10.9 Å². The predicted octanol–water partition coefficient (Wildman–Crippen LogP) is 1.44. The first kappa shape index (κ1) is 30.0. The maximum absolute atomic E-state index is 13.8. The topological polar surface area (TPSA) is 156 Å². The van der Waals surface area contributed by atoms with Crippen molar-refractivity contribution in [3.63, 3.8) is 0 Å². The zero-order valence-electron chi connectivity index (χ0n) is 24.7. The molecule has 6 rings (SSSR count). The Kier molecular flexibility index (Phi) is 8.32.